The molecule has 14 nitrogen and oxygen atoms in total. The van der Waals surface area contributed by atoms with Crippen molar-refractivity contribution in [1.82, 2.24) is 26.4 Å². The highest BCUT2D eigenvalue weighted by Gasteiger charge is 2.32. The zero-order valence-electron chi connectivity index (χ0n) is 20.7. The number of carbonyl (C=O) groups excluding carboxylic acids is 5. The number of rotatable bonds is 14. The number of hydrazine groups is 1. The van der Waals surface area contributed by atoms with Gasteiger partial charge in [0.05, 0.1) is 6.42 Å². The third-order valence-electron chi connectivity index (χ3n) is 5.49. The van der Waals surface area contributed by atoms with E-state index in [4.69, 9.17) is 10.5 Å². The molecule has 0 aromatic heterocycles. The number of primary amides is 1. The predicted molar refractivity (Wildman–Crippen MR) is 133 cm³/mol. The maximum atomic E-state index is 12.7. The summed E-state index contributed by atoms with van der Waals surface area (Å²) in [5.41, 5.74) is 10.5. The van der Waals surface area contributed by atoms with Crippen molar-refractivity contribution in [2.45, 2.75) is 43.8 Å². The lowest BCUT2D eigenvalue weighted by Crippen LogP contribution is -2.58. The molecule has 1 aliphatic heterocycles. The Hall–Kier alpha value is -4.46. The van der Waals surface area contributed by atoms with Gasteiger partial charge in [-0.1, -0.05) is 43.0 Å². The third kappa shape index (κ3) is 9.89. The van der Waals surface area contributed by atoms with Gasteiger partial charge in [-0.05, 0) is 18.4 Å². The van der Waals surface area contributed by atoms with Gasteiger partial charge >= 0.3 is 12.1 Å². The quantitative estimate of drug-likeness (QED) is 0.122. The Morgan fingerprint density at radius 3 is 2.53 bits per heavy atom. The van der Waals surface area contributed by atoms with Crippen molar-refractivity contribution in [2.24, 2.45) is 5.73 Å². The number of carboxylic acid groups (broad SMARTS) is 1. The smallest absolute Gasteiger partial charge is 0.408 e. The summed E-state index contributed by atoms with van der Waals surface area (Å²) >= 11 is 0. The Morgan fingerprint density at radius 1 is 1.18 bits per heavy atom. The molecule has 0 aliphatic carbocycles. The Morgan fingerprint density at radius 2 is 1.89 bits per heavy atom. The number of piperidine rings is 1. The van der Waals surface area contributed by atoms with E-state index >= 15 is 0 Å². The van der Waals surface area contributed by atoms with Gasteiger partial charge in [-0.15, -0.1) is 0 Å². The Labute approximate surface area is 218 Å². The van der Waals surface area contributed by atoms with Gasteiger partial charge in [0.2, 0.25) is 17.7 Å². The number of ether oxygens (including phenoxy) is 1. The largest absolute Gasteiger partial charge is 0.480 e. The van der Waals surface area contributed by atoms with E-state index in [-0.39, 0.29) is 19.6 Å². The van der Waals surface area contributed by atoms with Gasteiger partial charge in [-0.25, -0.2) is 15.0 Å². The highest BCUT2D eigenvalue weighted by atomic mass is 16.5. The Kier molecular flexibility index (Phi) is 11.7. The number of hydrogen-bond donors (Lipinski definition) is 6. The van der Waals surface area contributed by atoms with Crippen LogP contribution in [-0.4, -0.2) is 83.5 Å². The van der Waals surface area contributed by atoms with Crippen molar-refractivity contribution < 1.29 is 38.6 Å². The highest BCUT2D eigenvalue weighted by Crippen LogP contribution is 2.12. The summed E-state index contributed by atoms with van der Waals surface area (Å²) in [5, 5.41) is 14.3. The molecule has 1 aromatic rings. The van der Waals surface area contributed by atoms with Crippen LogP contribution in [0.5, 0.6) is 0 Å². The fourth-order valence-electron chi connectivity index (χ4n) is 3.66. The fourth-order valence-corrected chi connectivity index (χ4v) is 3.66. The molecule has 1 fully saturated rings. The number of carboxylic acids is 1. The van der Waals surface area contributed by atoms with Crippen molar-refractivity contribution in [1.29, 1.82) is 0 Å². The molecule has 206 valence electrons. The van der Waals surface area contributed by atoms with Gasteiger partial charge in [-0.2, -0.15) is 0 Å². The lowest BCUT2D eigenvalue weighted by molar-refractivity contribution is -0.142. The topological polar surface area (TPSA) is 209 Å². The summed E-state index contributed by atoms with van der Waals surface area (Å²) < 4.78 is 4.81. The first-order valence-corrected chi connectivity index (χ1v) is 11.8. The average molecular weight is 533 g/mol. The predicted octanol–water partition coefficient (Wildman–Crippen LogP) is -1.43. The molecule has 5 amide bonds. The zero-order chi connectivity index (χ0) is 28.1. The van der Waals surface area contributed by atoms with Crippen LogP contribution in [0.4, 0.5) is 4.79 Å². The number of alkyl carbamates (subject to hydrolysis) is 1. The molecule has 1 unspecified atom stereocenters. The molecule has 1 aliphatic rings. The maximum Gasteiger partial charge on any atom is 0.408 e. The van der Waals surface area contributed by atoms with Crippen LogP contribution in [0.25, 0.3) is 0 Å². The van der Waals surface area contributed by atoms with Gasteiger partial charge in [0.25, 0.3) is 5.91 Å². The molecule has 3 atom stereocenters. The van der Waals surface area contributed by atoms with E-state index in [1.807, 2.05) is 0 Å². The minimum absolute atomic E-state index is 0.00896. The molecule has 14 heteroatoms. The van der Waals surface area contributed by atoms with Crippen molar-refractivity contribution >= 4 is 35.7 Å². The van der Waals surface area contributed by atoms with Gasteiger partial charge < -0.3 is 31.1 Å². The summed E-state index contributed by atoms with van der Waals surface area (Å²) in [4.78, 5) is 74.0. The number of likely N-dealkylation sites (tertiary alicyclic amines) is 1. The summed E-state index contributed by atoms with van der Waals surface area (Å²) in [6, 6.07) is 5.08. The summed E-state index contributed by atoms with van der Waals surface area (Å²) in [7, 11) is 0. The molecule has 1 aromatic carbocycles. The van der Waals surface area contributed by atoms with E-state index in [1.165, 1.54) is 11.0 Å². The molecule has 1 saturated heterocycles. The molecule has 2 rings (SSSR count). The molecule has 0 saturated carbocycles. The van der Waals surface area contributed by atoms with Gasteiger partial charge in [0.1, 0.15) is 31.3 Å². The van der Waals surface area contributed by atoms with Crippen LogP contribution in [0, 0.1) is 0 Å². The molecule has 38 heavy (non-hydrogen) atoms. The third-order valence-corrected chi connectivity index (χ3v) is 5.49. The standard InChI is InChI=1S/C24H32N6O8/c1-2-11-38-24(37)27-16-9-6-10-30(22(16)34)14-20(32)29-28-17(13-19(25)31)21(33)26-18(23(35)36)12-15-7-4-3-5-8-15/h2-5,7-8,16-18,28H,1,6,9-14H2,(H2,25,31)(H,26,33)(H,27,37)(H,29,32)(H,35,36)/t16?,17-,18-/m0/s1. The van der Waals surface area contributed by atoms with Gasteiger partial charge in [0, 0.05) is 13.0 Å². The van der Waals surface area contributed by atoms with Crippen molar-refractivity contribution in [3.63, 3.8) is 0 Å². The van der Waals surface area contributed by atoms with Crippen LogP contribution in [0.15, 0.2) is 43.0 Å². The van der Waals surface area contributed by atoms with Crippen molar-refractivity contribution in [2.75, 3.05) is 19.7 Å². The summed E-state index contributed by atoms with van der Waals surface area (Å²) in [6.45, 7) is 3.26. The molecule has 0 bridgehead atoms. The van der Waals surface area contributed by atoms with Crippen LogP contribution in [-0.2, 0) is 35.1 Å². The van der Waals surface area contributed by atoms with Gasteiger partial charge in [0.15, 0.2) is 0 Å². The van der Waals surface area contributed by atoms with E-state index in [2.05, 4.69) is 28.1 Å². The number of nitrogens with zero attached hydrogens (tertiary/aromatic N) is 1. The Bertz CT molecular complexity index is 1030. The summed E-state index contributed by atoms with van der Waals surface area (Å²) in [6.07, 6.45) is 0.929. The molecule has 0 spiro atoms. The lowest BCUT2D eigenvalue weighted by atomic mass is 10.0. The normalized spacial score (nSPS) is 16.5. The minimum Gasteiger partial charge on any atom is -0.480 e. The van der Waals surface area contributed by atoms with Crippen LogP contribution in [0.1, 0.15) is 24.8 Å². The lowest BCUT2D eigenvalue weighted by Gasteiger charge is -2.32. The first-order valence-electron chi connectivity index (χ1n) is 11.8. The number of nitrogens with one attached hydrogen (secondary N) is 4. The van der Waals surface area contributed by atoms with Crippen molar-refractivity contribution in [3.05, 3.63) is 48.6 Å². The maximum absolute atomic E-state index is 12.7. The van der Waals surface area contributed by atoms with Crippen LogP contribution >= 0.6 is 0 Å². The van der Waals surface area contributed by atoms with Crippen LogP contribution in [0.2, 0.25) is 0 Å². The van der Waals surface area contributed by atoms with Crippen molar-refractivity contribution in [3.8, 4) is 0 Å². The number of carbonyl (C=O) groups is 6. The summed E-state index contributed by atoms with van der Waals surface area (Å²) in [5.74, 6) is -4.23. The van der Waals surface area contributed by atoms with E-state index in [0.717, 1.165) is 0 Å². The van der Waals surface area contributed by atoms with Crippen LogP contribution < -0.4 is 27.2 Å². The second-order valence-corrected chi connectivity index (χ2v) is 8.49. The number of hydrogen-bond acceptors (Lipinski definition) is 8. The first-order chi connectivity index (χ1) is 18.1. The number of benzene rings is 1. The molecule has 7 N–H and O–H groups in total. The SMILES string of the molecule is C=CCOC(=O)NC1CCCN(CC(=O)NN[C@@H](CC(N)=O)C(=O)N[C@@H](Cc2ccccc2)C(=O)O)C1=O. The van der Waals surface area contributed by atoms with E-state index in [0.29, 0.717) is 18.4 Å². The van der Waals surface area contributed by atoms with Crippen LogP contribution in [0.3, 0.4) is 0 Å². The average Bonchev–Trinajstić information content (AvgIpc) is 2.87. The molecular weight excluding hydrogens is 500 g/mol. The zero-order valence-corrected chi connectivity index (χ0v) is 20.7. The van der Waals surface area contributed by atoms with E-state index < -0.39 is 66.8 Å². The molecule has 0 radical (unpaired) electrons. The fraction of sp³-hybridized carbons (Fsp3) is 0.417. The van der Waals surface area contributed by atoms with Gasteiger partial charge in [-0.3, -0.25) is 24.6 Å². The Balaban J connectivity index is 1.94. The minimum atomic E-state index is -1.37. The highest BCUT2D eigenvalue weighted by molar-refractivity contribution is 5.92. The number of nitrogens with two attached hydrogens (primary N) is 1. The number of amides is 5. The number of aliphatic carboxylic acids is 1. The molecule has 1 heterocycles. The molecular formula is C24H32N6O8. The van der Waals surface area contributed by atoms with E-state index in [9.17, 15) is 33.9 Å². The first kappa shape index (κ1) is 29.8. The second kappa shape index (κ2) is 14.9. The second-order valence-electron chi connectivity index (χ2n) is 8.49. The monoisotopic (exact) mass is 532 g/mol. The van der Waals surface area contributed by atoms with E-state index in [1.54, 1.807) is 30.3 Å².